The zero-order valence-electron chi connectivity index (χ0n) is 13.8. The highest BCUT2D eigenvalue weighted by Crippen LogP contribution is 2.16. The third-order valence-electron chi connectivity index (χ3n) is 3.51. The zero-order valence-corrected chi connectivity index (χ0v) is 16.3. The number of aromatic nitrogens is 2. The number of carbonyl (C=O) groups excluding carboxylic acids is 2. The Kier molecular flexibility index (Phi) is 8.73. The van der Waals surface area contributed by atoms with Gasteiger partial charge in [0, 0.05) is 24.9 Å². The highest BCUT2D eigenvalue weighted by atomic mass is 35.5. The van der Waals surface area contributed by atoms with Crippen LogP contribution in [0.3, 0.4) is 0 Å². The fourth-order valence-corrected chi connectivity index (χ4v) is 3.12. The quantitative estimate of drug-likeness (QED) is 0.668. The van der Waals surface area contributed by atoms with Crippen LogP contribution in [-0.2, 0) is 11.2 Å². The number of carbonyl (C=O) groups is 2. The SMILES string of the molecule is Cl.Cl.NCCc1nc(C(=O)Nc2ccc(N3CCNC(=O)C3)nc2)cs1. The molecule has 0 atom stereocenters. The Labute approximate surface area is 167 Å². The van der Waals surface area contributed by atoms with Gasteiger partial charge in [-0.15, -0.1) is 36.2 Å². The van der Waals surface area contributed by atoms with Crippen LogP contribution < -0.4 is 21.3 Å². The van der Waals surface area contributed by atoms with Gasteiger partial charge >= 0.3 is 0 Å². The number of amides is 2. The van der Waals surface area contributed by atoms with Gasteiger partial charge in [-0.05, 0) is 18.7 Å². The number of halogens is 2. The molecular weight excluding hydrogens is 399 g/mol. The minimum atomic E-state index is -0.276. The second-order valence-corrected chi connectivity index (χ2v) is 6.24. The van der Waals surface area contributed by atoms with Crippen LogP contribution in [0.5, 0.6) is 0 Å². The summed E-state index contributed by atoms with van der Waals surface area (Å²) in [5.74, 6) is 0.417. The van der Waals surface area contributed by atoms with E-state index in [-0.39, 0.29) is 36.6 Å². The Morgan fingerprint density at radius 2 is 2.19 bits per heavy atom. The van der Waals surface area contributed by atoms with Gasteiger partial charge in [0.15, 0.2) is 0 Å². The molecular formula is C15H20Cl2N6O2S. The van der Waals surface area contributed by atoms with Crippen molar-refractivity contribution in [2.45, 2.75) is 6.42 Å². The summed E-state index contributed by atoms with van der Waals surface area (Å²) in [7, 11) is 0. The summed E-state index contributed by atoms with van der Waals surface area (Å²) in [4.78, 5) is 34.0. The molecule has 1 aliphatic rings. The molecule has 0 radical (unpaired) electrons. The van der Waals surface area contributed by atoms with E-state index in [4.69, 9.17) is 5.73 Å². The van der Waals surface area contributed by atoms with Crippen LogP contribution >= 0.6 is 36.2 Å². The molecule has 4 N–H and O–H groups in total. The smallest absolute Gasteiger partial charge is 0.275 e. The number of hydrogen-bond donors (Lipinski definition) is 3. The van der Waals surface area contributed by atoms with Crippen molar-refractivity contribution >= 4 is 59.5 Å². The van der Waals surface area contributed by atoms with Crippen LogP contribution in [0.1, 0.15) is 15.5 Å². The Balaban J connectivity index is 0.00000169. The molecule has 26 heavy (non-hydrogen) atoms. The highest BCUT2D eigenvalue weighted by molar-refractivity contribution is 7.09. The van der Waals surface area contributed by atoms with Crippen LogP contribution in [0.4, 0.5) is 11.5 Å². The van der Waals surface area contributed by atoms with Crippen molar-refractivity contribution in [3.05, 3.63) is 34.4 Å². The molecule has 0 aliphatic carbocycles. The molecule has 0 bridgehead atoms. The number of anilines is 2. The highest BCUT2D eigenvalue weighted by Gasteiger charge is 2.17. The molecule has 0 unspecified atom stereocenters. The van der Waals surface area contributed by atoms with Gasteiger partial charge in [0.05, 0.1) is 23.4 Å². The average Bonchev–Trinajstić information content (AvgIpc) is 3.05. The fourth-order valence-electron chi connectivity index (χ4n) is 2.33. The lowest BCUT2D eigenvalue weighted by Gasteiger charge is -2.27. The van der Waals surface area contributed by atoms with Gasteiger partial charge in [0.25, 0.3) is 5.91 Å². The summed E-state index contributed by atoms with van der Waals surface area (Å²) >= 11 is 1.42. The second kappa shape index (κ2) is 10.3. The first-order valence-electron chi connectivity index (χ1n) is 7.59. The molecule has 0 saturated carbocycles. The van der Waals surface area contributed by atoms with Gasteiger partial charge in [-0.2, -0.15) is 0 Å². The van der Waals surface area contributed by atoms with E-state index >= 15 is 0 Å². The van der Waals surface area contributed by atoms with Gasteiger partial charge in [-0.1, -0.05) is 0 Å². The fraction of sp³-hybridized carbons (Fsp3) is 0.333. The van der Waals surface area contributed by atoms with Crippen molar-refractivity contribution in [3.63, 3.8) is 0 Å². The number of nitrogens with one attached hydrogen (secondary N) is 2. The lowest BCUT2D eigenvalue weighted by Crippen LogP contribution is -2.48. The van der Waals surface area contributed by atoms with Gasteiger partial charge in [0.1, 0.15) is 11.5 Å². The van der Waals surface area contributed by atoms with Gasteiger partial charge in [-0.3, -0.25) is 9.59 Å². The number of rotatable bonds is 5. The van der Waals surface area contributed by atoms with E-state index in [9.17, 15) is 9.59 Å². The summed E-state index contributed by atoms with van der Waals surface area (Å²) in [5.41, 5.74) is 6.44. The van der Waals surface area contributed by atoms with E-state index in [0.29, 0.717) is 49.8 Å². The molecule has 8 nitrogen and oxygen atoms in total. The van der Waals surface area contributed by atoms with Crippen LogP contribution in [0.2, 0.25) is 0 Å². The standard InChI is InChI=1S/C15H18N6O2S.2ClH/c16-4-3-14-20-11(9-24-14)15(23)19-10-1-2-12(18-7-10)21-6-5-17-13(22)8-21;;/h1-2,7,9H,3-6,8,16H2,(H,17,22)(H,19,23);2*1H. The van der Waals surface area contributed by atoms with E-state index in [1.54, 1.807) is 23.7 Å². The number of nitrogens with two attached hydrogens (primary N) is 1. The molecule has 3 rings (SSSR count). The van der Waals surface area contributed by atoms with E-state index in [1.807, 2.05) is 4.90 Å². The van der Waals surface area contributed by atoms with E-state index in [0.717, 1.165) is 5.01 Å². The monoisotopic (exact) mass is 418 g/mol. The summed E-state index contributed by atoms with van der Waals surface area (Å²) in [6, 6.07) is 3.55. The molecule has 142 valence electrons. The predicted molar refractivity (Wildman–Crippen MR) is 107 cm³/mol. The minimum Gasteiger partial charge on any atom is -0.353 e. The van der Waals surface area contributed by atoms with Crippen molar-refractivity contribution in [2.75, 3.05) is 36.4 Å². The largest absolute Gasteiger partial charge is 0.353 e. The molecule has 2 aromatic heterocycles. The molecule has 2 aromatic rings. The lowest BCUT2D eigenvalue weighted by molar-refractivity contribution is -0.120. The maximum Gasteiger partial charge on any atom is 0.275 e. The summed E-state index contributed by atoms with van der Waals surface area (Å²) < 4.78 is 0. The number of hydrogen-bond acceptors (Lipinski definition) is 7. The number of pyridine rings is 1. The van der Waals surface area contributed by atoms with E-state index < -0.39 is 0 Å². The van der Waals surface area contributed by atoms with Crippen LogP contribution in [0, 0.1) is 0 Å². The number of piperazine rings is 1. The normalized spacial score (nSPS) is 13.3. The van der Waals surface area contributed by atoms with E-state index in [1.165, 1.54) is 11.3 Å². The molecule has 1 aliphatic heterocycles. The van der Waals surface area contributed by atoms with Crippen LogP contribution in [-0.4, -0.2) is 48.0 Å². The summed E-state index contributed by atoms with van der Waals surface area (Å²) in [6.45, 7) is 2.12. The van der Waals surface area contributed by atoms with E-state index in [2.05, 4.69) is 20.6 Å². The molecule has 0 spiro atoms. The zero-order chi connectivity index (χ0) is 16.9. The first kappa shape index (κ1) is 22.1. The third kappa shape index (κ3) is 5.53. The first-order chi connectivity index (χ1) is 11.7. The number of thiazole rings is 1. The lowest BCUT2D eigenvalue weighted by atomic mass is 10.3. The molecule has 0 aromatic carbocycles. The molecule has 1 saturated heterocycles. The van der Waals surface area contributed by atoms with Gasteiger partial charge in [0.2, 0.25) is 5.91 Å². The van der Waals surface area contributed by atoms with Crippen molar-refractivity contribution in [1.29, 1.82) is 0 Å². The van der Waals surface area contributed by atoms with Crippen LogP contribution in [0.15, 0.2) is 23.7 Å². The van der Waals surface area contributed by atoms with Crippen LogP contribution in [0.25, 0.3) is 0 Å². The average molecular weight is 419 g/mol. The Hall–Kier alpha value is -1.94. The van der Waals surface area contributed by atoms with Gasteiger partial charge in [-0.25, -0.2) is 9.97 Å². The van der Waals surface area contributed by atoms with Crippen molar-refractivity contribution < 1.29 is 9.59 Å². The maximum absolute atomic E-state index is 12.2. The summed E-state index contributed by atoms with van der Waals surface area (Å²) in [6.07, 6.45) is 2.24. The Morgan fingerprint density at radius 1 is 1.38 bits per heavy atom. The molecule has 3 heterocycles. The van der Waals surface area contributed by atoms with Gasteiger partial charge < -0.3 is 21.3 Å². The first-order valence-corrected chi connectivity index (χ1v) is 8.47. The molecule has 1 fully saturated rings. The molecule has 2 amide bonds. The maximum atomic E-state index is 12.2. The third-order valence-corrected chi connectivity index (χ3v) is 4.42. The van der Waals surface area contributed by atoms with Crippen molar-refractivity contribution in [3.8, 4) is 0 Å². The van der Waals surface area contributed by atoms with Crippen molar-refractivity contribution in [1.82, 2.24) is 15.3 Å². The van der Waals surface area contributed by atoms with Crippen molar-refractivity contribution in [2.24, 2.45) is 5.73 Å². The number of nitrogens with zero attached hydrogens (tertiary/aromatic N) is 3. The molecule has 11 heteroatoms. The topological polar surface area (TPSA) is 113 Å². The predicted octanol–water partition coefficient (Wildman–Crippen LogP) is 1.07. The Bertz CT molecular complexity index is 740. The minimum absolute atomic E-state index is 0. The Morgan fingerprint density at radius 3 is 2.85 bits per heavy atom. The second-order valence-electron chi connectivity index (χ2n) is 5.30. The summed E-state index contributed by atoms with van der Waals surface area (Å²) in [5, 5.41) is 8.10.